The molecule has 0 N–H and O–H groups in total. The van der Waals surface area contributed by atoms with Crippen molar-refractivity contribution in [2.45, 2.75) is 39.2 Å². The van der Waals surface area contributed by atoms with Crippen molar-refractivity contribution in [1.29, 1.82) is 0 Å². The van der Waals surface area contributed by atoms with Gasteiger partial charge in [0, 0.05) is 28.5 Å². The van der Waals surface area contributed by atoms with Crippen LogP contribution in [0.3, 0.4) is 0 Å². The summed E-state index contributed by atoms with van der Waals surface area (Å²) in [7, 11) is 0. The van der Waals surface area contributed by atoms with E-state index in [-0.39, 0.29) is 6.09 Å². The molecule has 1 heterocycles. The molecule has 4 nitrogen and oxygen atoms in total. The number of halogens is 2. The van der Waals surface area contributed by atoms with E-state index in [4.69, 9.17) is 21.1 Å². The van der Waals surface area contributed by atoms with Gasteiger partial charge in [0.25, 0.3) is 0 Å². The Labute approximate surface area is 151 Å². The zero-order chi connectivity index (χ0) is 17.0. The van der Waals surface area contributed by atoms with Crippen molar-refractivity contribution in [2.75, 3.05) is 19.7 Å². The van der Waals surface area contributed by atoms with Gasteiger partial charge in [-0.05, 0) is 51.8 Å². The molecular weight excluding hydrogens is 382 g/mol. The van der Waals surface area contributed by atoms with Crippen molar-refractivity contribution < 1.29 is 14.3 Å². The van der Waals surface area contributed by atoms with Gasteiger partial charge in [-0.3, -0.25) is 0 Å². The summed E-state index contributed by atoms with van der Waals surface area (Å²) in [6, 6.07) is 5.50. The van der Waals surface area contributed by atoms with E-state index >= 15 is 0 Å². The van der Waals surface area contributed by atoms with Gasteiger partial charge in [0.2, 0.25) is 0 Å². The zero-order valence-electron chi connectivity index (χ0n) is 13.8. The average Bonchev–Trinajstić information content (AvgIpc) is 2.43. The van der Waals surface area contributed by atoms with E-state index in [1.165, 1.54) is 0 Å². The molecule has 1 amide bonds. The fraction of sp³-hybridized carbons (Fsp3) is 0.588. The molecule has 1 saturated heterocycles. The van der Waals surface area contributed by atoms with Gasteiger partial charge in [0.15, 0.2) is 0 Å². The first kappa shape index (κ1) is 18.4. The minimum Gasteiger partial charge on any atom is -0.493 e. The second-order valence-electron chi connectivity index (χ2n) is 6.85. The van der Waals surface area contributed by atoms with E-state index in [0.717, 1.165) is 29.6 Å². The van der Waals surface area contributed by atoms with E-state index in [1.54, 1.807) is 11.0 Å². The molecule has 0 aliphatic carbocycles. The standard InChI is InChI=1S/C17H23BrClNO3/c1-17(2,3)23-16(21)20-6-4-5-12(10-20)11-22-15-8-13(18)7-14(19)9-15/h7-9,12H,4-6,10-11H2,1-3H3. The maximum atomic E-state index is 12.2. The SMILES string of the molecule is CC(C)(C)OC(=O)N1CCCC(COc2cc(Cl)cc(Br)c2)C1. The molecule has 0 spiro atoms. The van der Waals surface area contributed by atoms with Crippen molar-refractivity contribution >= 4 is 33.6 Å². The largest absolute Gasteiger partial charge is 0.493 e. The molecule has 0 bridgehead atoms. The van der Waals surface area contributed by atoms with Crippen molar-refractivity contribution in [1.82, 2.24) is 4.90 Å². The van der Waals surface area contributed by atoms with E-state index in [0.29, 0.717) is 24.1 Å². The molecule has 1 aliphatic rings. The summed E-state index contributed by atoms with van der Waals surface area (Å²) in [5, 5.41) is 0.633. The molecule has 0 saturated carbocycles. The normalized spacial score (nSPS) is 18.7. The Hall–Kier alpha value is -0.940. The summed E-state index contributed by atoms with van der Waals surface area (Å²) in [6.45, 7) is 7.61. The molecule has 1 aromatic rings. The Morgan fingerprint density at radius 2 is 2.13 bits per heavy atom. The van der Waals surface area contributed by atoms with E-state index in [1.807, 2.05) is 32.9 Å². The molecule has 1 atom stereocenters. The minimum absolute atomic E-state index is 0.243. The Morgan fingerprint density at radius 3 is 2.78 bits per heavy atom. The number of likely N-dealkylation sites (tertiary alicyclic amines) is 1. The van der Waals surface area contributed by atoms with E-state index in [9.17, 15) is 4.79 Å². The van der Waals surface area contributed by atoms with Crippen LogP contribution in [-0.2, 0) is 4.74 Å². The highest BCUT2D eigenvalue weighted by Crippen LogP contribution is 2.26. The van der Waals surface area contributed by atoms with Gasteiger partial charge >= 0.3 is 6.09 Å². The van der Waals surface area contributed by atoms with Crippen LogP contribution in [0.15, 0.2) is 22.7 Å². The van der Waals surface area contributed by atoms with Crippen LogP contribution < -0.4 is 4.74 Å². The van der Waals surface area contributed by atoms with Crippen LogP contribution in [0.4, 0.5) is 4.79 Å². The number of hydrogen-bond donors (Lipinski definition) is 0. The summed E-state index contributed by atoms with van der Waals surface area (Å²) in [6.07, 6.45) is 1.76. The Bertz CT molecular complexity index is 539. The van der Waals surface area contributed by atoms with Gasteiger partial charge in [-0.25, -0.2) is 4.79 Å². The summed E-state index contributed by atoms with van der Waals surface area (Å²) < 4.78 is 12.2. The summed E-state index contributed by atoms with van der Waals surface area (Å²) in [5.74, 6) is 1.03. The Kier molecular flexibility index (Phi) is 6.20. The van der Waals surface area contributed by atoms with Gasteiger partial charge in [-0.1, -0.05) is 27.5 Å². The van der Waals surface area contributed by atoms with Crippen LogP contribution in [-0.4, -0.2) is 36.3 Å². The fourth-order valence-corrected chi connectivity index (χ4v) is 3.35. The van der Waals surface area contributed by atoms with Crippen molar-refractivity contribution in [2.24, 2.45) is 5.92 Å². The lowest BCUT2D eigenvalue weighted by atomic mass is 9.99. The number of nitrogens with zero attached hydrogens (tertiary/aromatic N) is 1. The molecule has 1 unspecified atom stereocenters. The molecule has 1 aromatic carbocycles. The molecule has 128 valence electrons. The monoisotopic (exact) mass is 403 g/mol. The van der Waals surface area contributed by atoms with Crippen LogP contribution >= 0.6 is 27.5 Å². The van der Waals surface area contributed by atoms with Crippen LogP contribution in [0.2, 0.25) is 5.02 Å². The third-order valence-electron chi connectivity index (χ3n) is 3.49. The molecule has 2 rings (SSSR count). The molecule has 0 aromatic heterocycles. The zero-order valence-corrected chi connectivity index (χ0v) is 16.1. The highest BCUT2D eigenvalue weighted by Gasteiger charge is 2.27. The quantitative estimate of drug-likeness (QED) is 0.701. The predicted molar refractivity (Wildman–Crippen MR) is 95.2 cm³/mol. The topological polar surface area (TPSA) is 38.8 Å². The van der Waals surface area contributed by atoms with Crippen molar-refractivity contribution in [3.8, 4) is 5.75 Å². The van der Waals surface area contributed by atoms with E-state index in [2.05, 4.69) is 15.9 Å². The third-order valence-corrected chi connectivity index (χ3v) is 4.17. The lowest BCUT2D eigenvalue weighted by Crippen LogP contribution is -2.44. The first-order valence-corrected chi connectivity index (χ1v) is 8.97. The first-order chi connectivity index (χ1) is 10.7. The molecule has 1 aliphatic heterocycles. The van der Waals surface area contributed by atoms with Gasteiger partial charge in [0.1, 0.15) is 11.4 Å². The first-order valence-electron chi connectivity index (χ1n) is 7.80. The number of rotatable bonds is 3. The third kappa shape index (κ3) is 6.22. The second kappa shape index (κ2) is 7.75. The Balaban J connectivity index is 1.87. The van der Waals surface area contributed by atoms with Gasteiger partial charge in [0.05, 0.1) is 6.61 Å². The predicted octanol–water partition coefficient (Wildman–Crippen LogP) is 5.13. The number of piperidine rings is 1. The summed E-state index contributed by atoms with van der Waals surface area (Å²) in [4.78, 5) is 13.9. The molecule has 0 radical (unpaired) electrons. The maximum absolute atomic E-state index is 12.2. The second-order valence-corrected chi connectivity index (χ2v) is 8.20. The van der Waals surface area contributed by atoms with Crippen LogP contribution in [0.1, 0.15) is 33.6 Å². The summed E-state index contributed by atoms with van der Waals surface area (Å²) >= 11 is 9.42. The van der Waals surface area contributed by atoms with Gasteiger partial charge in [-0.2, -0.15) is 0 Å². The number of amides is 1. The van der Waals surface area contributed by atoms with Crippen molar-refractivity contribution in [3.63, 3.8) is 0 Å². The smallest absolute Gasteiger partial charge is 0.410 e. The number of benzene rings is 1. The lowest BCUT2D eigenvalue weighted by Gasteiger charge is -2.34. The fourth-order valence-electron chi connectivity index (χ4n) is 2.52. The number of carbonyl (C=O) groups excluding carboxylic acids is 1. The number of ether oxygens (including phenoxy) is 2. The van der Waals surface area contributed by atoms with Crippen LogP contribution in [0.5, 0.6) is 5.75 Å². The Morgan fingerprint density at radius 1 is 1.39 bits per heavy atom. The van der Waals surface area contributed by atoms with Gasteiger partial charge in [-0.15, -0.1) is 0 Å². The van der Waals surface area contributed by atoms with Crippen LogP contribution in [0, 0.1) is 5.92 Å². The minimum atomic E-state index is -0.465. The lowest BCUT2D eigenvalue weighted by molar-refractivity contribution is 0.0139. The van der Waals surface area contributed by atoms with Crippen LogP contribution in [0.25, 0.3) is 0 Å². The van der Waals surface area contributed by atoms with E-state index < -0.39 is 5.60 Å². The number of carbonyl (C=O) groups is 1. The molecule has 23 heavy (non-hydrogen) atoms. The molecule has 6 heteroatoms. The average molecular weight is 405 g/mol. The van der Waals surface area contributed by atoms with Crippen molar-refractivity contribution in [3.05, 3.63) is 27.7 Å². The molecule has 1 fully saturated rings. The highest BCUT2D eigenvalue weighted by molar-refractivity contribution is 9.10. The maximum Gasteiger partial charge on any atom is 0.410 e. The number of hydrogen-bond acceptors (Lipinski definition) is 3. The highest BCUT2D eigenvalue weighted by atomic mass is 79.9. The van der Waals surface area contributed by atoms with Gasteiger partial charge < -0.3 is 14.4 Å². The summed E-state index contributed by atoms with van der Waals surface area (Å²) in [5.41, 5.74) is -0.465. The molecular formula is C17H23BrClNO3.